The number of H-pyrrole nitrogens is 1. The first-order chi connectivity index (χ1) is 16.7. The number of aromatic nitrogens is 3. The molecule has 7 heteroatoms. The molecule has 5 rings (SSSR count). The Labute approximate surface area is 211 Å². The normalized spacial score (nSPS) is 14.0. The van der Waals surface area contributed by atoms with E-state index >= 15 is 0 Å². The fourth-order valence-corrected chi connectivity index (χ4v) is 6.05. The molecule has 1 N–H and O–H groups in total. The average molecular weight is 488 g/mol. The summed E-state index contributed by atoms with van der Waals surface area (Å²) >= 11 is 1.79. The number of thiazole rings is 1. The van der Waals surface area contributed by atoms with E-state index in [-0.39, 0.29) is 5.91 Å². The van der Waals surface area contributed by atoms with Crippen LogP contribution in [0.1, 0.15) is 47.3 Å². The number of pyridine rings is 1. The van der Waals surface area contributed by atoms with Crippen molar-refractivity contribution < 1.29 is 4.79 Å². The van der Waals surface area contributed by atoms with Gasteiger partial charge in [-0.25, -0.2) is 4.98 Å². The number of aromatic amines is 1. The number of benzene rings is 1. The maximum atomic E-state index is 12.2. The minimum atomic E-state index is 0.137. The third-order valence-electron chi connectivity index (χ3n) is 6.70. The molecule has 0 saturated carbocycles. The van der Waals surface area contributed by atoms with E-state index in [1.165, 1.54) is 27.1 Å². The molecule has 0 radical (unpaired) electrons. The van der Waals surface area contributed by atoms with Gasteiger partial charge in [0.1, 0.15) is 5.01 Å². The minimum absolute atomic E-state index is 0.137. The van der Waals surface area contributed by atoms with Gasteiger partial charge in [0.05, 0.1) is 17.9 Å². The van der Waals surface area contributed by atoms with Crippen LogP contribution < -0.4 is 0 Å². The van der Waals surface area contributed by atoms with Gasteiger partial charge in [0.2, 0.25) is 5.91 Å². The summed E-state index contributed by atoms with van der Waals surface area (Å²) in [5.41, 5.74) is 9.18. The molecule has 182 valence electrons. The van der Waals surface area contributed by atoms with E-state index in [0.717, 1.165) is 52.7 Å². The number of nitrogens with one attached hydrogen (secondary N) is 1. The first-order valence-corrected chi connectivity index (χ1v) is 13.0. The van der Waals surface area contributed by atoms with Gasteiger partial charge in [-0.1, -0.05) is 13.8 Å². The summed E-state index contributed by atoms with van der Waals surface area (Å²) in [6.07, 6.45) is 0.947. The zero-order chi connectivity index (χ0) is 24.9. The summed E-state index contributed by atoms with van der Waals surface area (Å²) in [5, 5.41) is 2.32. The number of carbonyl (C=O) groups excluding carboxylic acids is 1. The molecule has 6 nitrogen and oxygen atoms in total. The number of hydrogen-bond acceptors (Lipinski definition) is 5. The number of amides is 1. The number of nitrogens with zero attached hydrogens (tertiary/aromatic N) is 4. The highest BCUT2D eigenvalue weighted by Crippen LogP contribution is 2.39. The maximum absolute atomic E-state index is 12.2. The molecular formula is C28H33N5OS. The molecule has 0 unspecified atom stereocenters. The minimum Gasteiger partial charge on any atom is -0.354 e. The van der Waals surface area contributed by atoms with Crippen LogP contribution in [0.3, 0.4) is 0 Å². The molecule has 0 aliphatic carbocycles. The molecule has 0 atom stereocenters. The lowest BCUT2D eigenvalue weighted by Gasteiger charge is -2.26. The van der Waals surface area contributed by atoms with E-state index in [1.54, 1.807) is 16.2 Å². The number of aryl methyl sites for hydroxylation is 2. The summed E-state index contributed by atoms with van der Waals surface area (Å²) in [6, 6.07) is 11.0. The summed E-state index contributed by atoms with van der Waals surface area (Å²) in [6.45, 7) is 10.7. The lowest BCUT2D eigenvalue weighted by Crippen LogP contribution is -2.39. The molecular weight excluding hydrogens is 454 g/mol. The fraction of sp³-hybridized carbons (Fsp3) is 0.393. The Bertz CT molecular complexity index is 1390. The molecule has 1 aliphatic heterocycles. The molecule has 3 aromatic heterocycles. The van der Waals surface area contributed by atoms with Crippen LogP contribution in [0.4, 0.5) is 0 Å². The van der Waals surface area contributed by atoms with E-state index in [9.17, 15) is 4.79 Å². The van der Waals surface area contributed by atoms with Gasteiger partial charge < -0.3 is 9.88 Å². The molecule has 1 aliphatic rings. The Balaban J connectivity index is 1.51. The number of carbonyl (C=O) groups is 1. The van der Waals surface area contributed by atoms with Gasteiger partial charge in [0, 0.05) is 65.5 Å². The molecule has 4 aromatic rings. The Morgan fingerprint density at radius 3 is 2.54 bits per heavy atom. The van der Waals surface area contributed by atoms with Crippen molar-refractivity contribution in [2.24, 2.45) is 0 Å². The van der Waals surface area contributed by atoms with Crippen molar-refractivity contribution in [1.29, 1.82) is 0 Å². The molecule has 0 fully saturated rings. The number of fused-ring (bicyclic) bond motifs is 2. The van der Waals surface area contributed by atoms with E-state index in [2.05, 4.69) is 59.0 Å². The van der Waals surface area contributed by atoms with Crippen LogP contribution in [-0.4, -0.2) is 57.8 Å². The molecule has 0 bridgehead atoms. The highest BCUT2D eigenvalue weighted by Gasteiger charge is 2.24. The fourth-order valence-electron chi connectivity index (χ4n) is 5.00. The van der Waals surface area contributed by atoms with Crippen LogP contribution >= 0.6 is 11.3 Å². The van der Waals surface area contributed by atoms with Gasteiger partial charge in [0.15, 0.2) is 0 Å². The van der Waals surface area contributed by atoms with Crippen molar-refractivity contribution in [3.8, 4) is 21.8 Å². The first-order valence-electron chi connectivity index (χ1n) is 12.2. The molecule has 4 heterocycles. The Morgan fingerprint density at radius 1 is 1.11 bits per heavy atom. The second kappa shape index (κ2) is 9.21. The van der Waals surface area contributed by atoms with Gasteiger partial charge in [-0.05, 0) is 62.1 Å². The van der Waals surface area contributed by atoms with Crippen molar-refractivity contribution in [1.82, 2.24) is 24.8 Å². The third kappa shape index (κ3) is 4.62. The average Bonchev–Trinajstić information content (AvgIpc) is 3.39. The van der Waals surface area contributed by atoms with Gasteiger partial charge in [-0.15, -0.1) is 11.3 Å². The number of hydrogen-bond donors (Lipinski definition) is 1. The van der Waals surface area contributed by atoms with Gasteiger partial charge in [-0.2, -0.15) is 0 Å². The van der Waals surface area contributed by atoms with Gasteiger partial charge in [0.25, 0.3) is 0 Å². The van der Waals surface area contributed by atoms with Crippen LogP contribution in [0, 0.1) is 13.8 Å². The summed E-state index contributed by atoms with van der Waals surface area (Å²) in [5.74, 6) is 0.508. The van der Waals surface area contributed by atoms with Crippen LogP contribution in [-0.2, 0) is 17.8 Å². The monoisotopic (exact) mass is 487 g/mol. The van der Waals surface area contributed by atoms with Crippen LogP contribution in [0.2, 0.25) is 0 Å². The lowest BCUT2D eigenvalue weighted by molar-refractivity contribution is -0.130. The number of likely N-dealkylation sites (N-methyl/N-ethyl adjacent to an activating group) is 1. The van der Waals surface area contributed by atoms with E-state index < -0.39 is 0 Å². The molecule has 1 amide bonds. The molecule has 0 spiro atoms. The predicted molar refractivity (Wildman–Crippen MR) is 144 cm³/mol. The maximum Gasteiger partial charge on any atom is 0.236 e. The molecule has 1 aromatic carbocycles. The SMILES string of the molecule is Cc1cc(-c2[nH]c3ccc(-c4nc5c(s4)CCN(CC(=O)N(C)C)C5)cc3c2C(C)C)cc(C)n1. The number of rotatable bonds is 5. The Morgan fingerprint density at radius 2 is 1.86 bits per heavy atom. The topological polar surface area (TPSA) is 65.1 Å². The first kappa shape index (κ1) is 23.7. The Hall–Kier alpha value is -3.03. The van der Waals surface area contributed by atoms with Crippen LogP contribution in [0.15, 0.2) is 30.3 Å². The molecule has 0 saturated heterocycles. The summed E-state index contributed by atoms with van der Waals surface area (Å²) in [4.78, 5) is 30.6. The lowest BCUT2D eigenvalue weighted by atomic mass is 9.95. The highest BCUT2D eigenvalue weighted by atomic mass is 32.1. The quantitative estimate of drug-likeness (QED) is 0.401. The van der Waals surface area contributed by atoms with Crippen molar-refractivity contribution in [2.45, 2.75) is 46.6 Å². The highest BCUT2D eigenvalue weighted by molar-refractivity contribution is 7.15. The van der Waals surface area contributed by atoms with E-state index in [0.29, 0.717) is 12.5 Å². The van der Waals surface area contributed by atoms with Gasteiger partial charge in [-0.3, -0.25) is 14.7 Å². The van der Waals surface area contributed by atoms with Gasteiger partial charge >= 0.3 is 0 Å². The second-order valence-electron chi connectivity index (χ2n) is 10.1. The van der Waals surface area contributed by atoms with Crippen molar-refractivity contribution >= 4 is 28.1 Å². The van der Waals surface area contributed by atoms with E-state index in [1.807, 2.05) is 27.9 Å². The van der Waals surface area contributed by atoms with Crippen LogP contribution in [0.5, 0.6) is 0 Å². The molecule has 35 heavy (non-hydrogen) atoms. The smallest absolute Gasteiger partial charge is 0.236 e. The third-order valence-corrected chi connectivity index (χ3v) is 7.90. The van der Waals surface area contributed by atoms with Crippen molar-refractivity contribution in [2.75, 3.05) is 27.2 Å². The predicted octanol–water partition coefficient (Wildman–Crippen LogP) is 5.54. The zero-order valence-corrected chi connectivity index (χ0v) is 22.2. The Kier molecular flexibility index (Phi) is 6.23. The largest absolute Gasteiger partial charge is 0.354 e. The summed E-state index contributed by atoms with van der Waals surface area (Å²) in [7, 11) is 3.62. The van der Waals surface area contributed by atoms with E-state index in [4.69, 9.17) is 4.98 Å². The zero-order valence-electron chi connectivity index (χ0n) is 21.4. The second-order valence-corrected chi connectivity index (χ2v) is 11.2. The van der Waals surface area contributed by atoms with Crippen LogP contribution in [0.25, 0.3) is 32.7 Å². The standard InChI is InChI=1S/C28H33N5OS/c1-16(2)26-21-13-19(7-8-22(21)30-27(26)20-11-17(3)29-18(4)12-20)28-31-23-14-33(10-9-24(23)35-28)15-25(34)32(5)6/h7-8,11-13,16,30H,9-10,14-15H2,1-6H3. The summed E-state index contributed by atoms with van der Waals surface area (Å²) < 4.78 is 0. The van der Waals surface area contributed by atoms with Crippen molar-refractivity contribution in [3.05, 3.63) is 57.9 Å². The van der Waals surface area contributed by atoms with Crippen molar-refractivity contribution in [3.63, 3.8) is 0 Å².